The first-order valence-electron chi connectivity index (χ1n) is 15.9. The van der Waals surface area contributed by atoms with Gasteiger partial charge in [-0.15, -0.1) is 23.8 Å². The first-order valence-corrected chi connectivity index (χ1v) is 24.0. The van der Waals surface area contributed by atoms with Crippen molar-refractivity contribution in [2.75, 3.05) is 0 Å². The molecule has 0 saturated heterocycles. The zero-order chi connectivity index (χ0) is 31.7. The van der Waals surface area contributed by atoms with Gasteiger partial charge in [0, 0.05) is 36.6 Å². The predicted octanol–water partition coefficient (Wildman–Crippen LogP) is 10.7. The Kier molecular flexibility index (Phi) is 10.2. The van der Waals surface area contributed by atoms with E-state index in [-0.39, 0.29) is 25.9 Å². The van der Waals surface area contributed by atoms with Crippen LogP contribution >= 0.6 is 11.3 Å². The largest absolute Gasteiger partial charge is 0 e. The number of nitrogens with zero attached hydrogens (tertiary/aromatic N) is 2. The van der Waals surface area contributed by atoms with Crippen LogP contribution in [0.1, 0.15) is 24.0 Å². The van der Waals surface area contributed by atoms with Gasteiger partial charge >= 0.3 is 99.8 Å². The topological polar surface area (TPSA) is 25.8 Å². The molecule has 0 atom stereocenters. The Labute approximate surface area is 296 Å². The minimum Gasteiger partial charge on any atom is 0 e. The van der Waals surface area contributed by atoms with Crippen LogP contribution in [0.3, 0.4) is 0 Å². The molecule has 0 spiro atoms. The van der Waals surface area contributed by atoms with E-state index in [9.17, 15) is 4.39 Å². The molecule has 0 saturated carbocycles. The van der Waals surface area contributed by atoms with E-state index < -0.39 is 13.3 Å². The van der Waals surface area contributed by atoms with E-state index in [1.807, 2.05) is 73.1 Å². The van der Waals surface area contributed by atoms with Gasteiger partial charge in [-0.1, -0.05) is 52.9 Å². The van der Waals surface area contributed by atoms with E-state index in [4.69, 9.17) is 4.98 Å². The number of hydrogen-bond donors (Lipinski definition) is 0. The Balaban J connectivity index is 0.000000194. The van der Waals surface area contributed by atoms with Gasteiger partial charge in [-0.3, -0.25) is 0 Å². The van der Waals surface area contributed by atoms with E-state index in [1.54, 1.807) is 17.4 Å². The second-order valence-corrected chi connectivity index (χ2v) is 24.6. The monoisotopic (exact) mass is 873 g/mol. The summed E-state index contributed by atoms with van der Waals surface area (Å²) in [5, 5.41) is 2.21. The van der Waals surface area contributed by atoms with Crippen molar-refractivity contribution in [3.8, 4) is 33.6 Å². The van der Waals surface area contributed by atoms with Crippen molar-refractivity contribution in [3.63, 3.8) is 0 Å². The Morgan fingerprint density at radius 3 is 2.30 bits per heavy atom. The average Bonchev–Trinajstić information content (AvgIpc) is 3.44. The van der Waals surface area contributed by atoms with Crippen LogP contribution in [0.5, 0.6) is 0 Å². The van der Waals surface area contributed by atoms with Crippen molar-refractivity contribution in [3.05, 3.63) is 139 Å². The second-order valence-electron chi connectivity index (χ2n) is 12.9. The van der Waals surface area contributed by atoms with Gasteiger partial charge in [0.1, 0.15) is 5.82 Å². The number of rotatable bonds is 4. The summed E-state index contributed by atoms with van der Waals surface area (Å²) in [5.41, 5.74) is 8.51. The minimum atomic E-state index is -1.72. The van der Waals surface area contributed by atoms with Crippen LogP contribution in [-0.4, -0.2) is 23.2 Å². The molecule has 3 heterocycles. The number of hydrogen-bond acceptors (Lipinski definition) is 3. The van der Waals surface area contributed by atoms with Gasteiger partial charge in [-0.2, -0.15) is 11.3 Å². The average molecular weight is 872 g/mol. The van der Waals surface area contributed by atoms with Crippen molar-refractivity contribution in [1.82, 2.24) is 9.97 Å². The molecule has 8 rings (SSSR count). The maximum absolute atomic E-state index is 14.9. The van der Waals surface area contributed by atoms with E-state index in [2.05, 4.69) is 64.7 Å². The van der Waals surface area contributed by atoms with Crippen LogP contribution in [0, 0.1) is 17.9 Å². The van der Waals surface area contributed by atoms with Gasteiger partial charge < -0.3 is 4.98 Å². The Hall–Kier alpha value is -3.48. The minimum absolute atomic E-state index is 0. The van der Waals surface area contributed by atoms with Crippen LogP contribution in [-0.2, 0) is 32.9 Å². The summed E-state index contributed by atoms with van der Waals surface area (Å²) < 4.78 is 18.4. The summed E-state index contributed by atoms with van der Waals surface area (Å²) >= 11 is -0.0777. The molecule has 0 aliphatic heterocycles. The third-order valence-corrected chi connectivity index (χ3v) is 14.1. The molecule has 1 aliphatic rings. The van der Waals surface area contributed by atoms with E-state index in [0.717, 1.165) is 61.1 Å². The molecule has 3 aromatic heterocycles. The molecular weight excluding hydrogens is 836 g/mol. The molecule has 237 valence electrons. The molecule has 0 fully saturated rings. The van der Waals surface area contributed by atoms with Crippen molar-refractivity contribution < 1.29 is 24.5 Å². The first kappa shape index (κ1) is 33.4. The SMILES string of the molecule is Fc1cc2sc3cc(-c4nccc5c4CCCC5)[c-]cc3c2cc1-c1ccccc1.[CH3][Ge]([CH3])([CH3])[c]1ccc(-c2[c-]cccc2)nc1.[Ir]. The fourth-order valence-electron chi connectivity index (χ4n) is 6.15. The molecular formula is C41H35FGeIrN2S-2. The van der Waals surface area contributed by atoms with Gasteiger partial charge in [0.05, 0.1) is 0 Å². The molecule has 0 amide bonds. The third kappa shape index (κ3) is 7.19. The molecule has 4 aromatic carbocycles. The van der Waals surface area contributed by atoms with Crippen LogP contribution < -0.4 is 4.40 Å². The molecule has 7 aromatic rings. The van der Waals surface area contributed by atoms with E-state index in [0.29, 0.717) is 5.56 Å². The predicted molar refractivity (Wildman–Crippen MR) is 195 cm³/mol. The maximum atomic E-state index is 14.9. The van der Waals surface area contributed by atoms with Crippen molar-refractivity contribution in [2.24, 2.45) is 0 Å². The van der Waals surface area contributed by atoms with Gasteiger partial charge in [0.2, 0.25) is 0 Å². The molecule has 1 radical (unpaired) electrons. The van der Waals surface area contributed by atoms with Crippen LogP contribution in [0.15, 0.2) is 109 Å². The first-order chi connectivity index (χ1) is 22.3. The summed E-state index contributed by atoms with van der Waals surface area (Å²) in [7, 11) is 0. The van der Waals surface area contributed by atoms with Gasteiger partial charge in [0.15, 0.2) is 0 Å². The summed E-state index contributed by atoms with van der Waals surface area (Å²) in [6.45, 7) is 0. The zero-order valence-electron chi connectivity index (χ0n) is 26.7. The van der Waals surface area contributed by atoms with Crippen LogP contribution in [0.4, 0.5) is 4.39 Å². The smallest absolute Gasteiger partial charge is 0 e. The molecule has 0 unspecified atom stereocenters. The summed E-state index contributed by atoms with van der Waals surface area (Å²) in [4.78, 5) is 9.24. The molecule has 47 heavy (non-hydrogen) atoms. The van der Waals surface area contributed by atoms with Gasteiger partial charge in [0.25, 0.3) is 0 Å². The van der Waals surface area contributed by atoms with E-state index in [1.165, 1.54) is 28.4 Å². The number of benzene rings is 4. The van der Waals surface area contributed by atoms with Crippen LogP contribution in [0.2, 0.25) is 17.3 Å². The maximum Gasteiger partial charge on any atom is 0 e. The Bertz CT molecular complexity index is 2140. The van der Waals surface area contributed by atoms with Crippen LogP contribution in [0.25, 0.3) is 53.8 Å². The number of thiophene rings is 1. The fourth-order valence-corrected chi connectivity index (χ4v) is 9.46. The van der Waals surface area contributed by atoms with Crippen molar-refractivity contribution in [1.29, 1.82) is 0 Å². The van der Waals surface area contributed by atoms with Crippen molar-refractivity contribution >= 4 is 49.2 Å². The summed E-state index contributed by atoms with van der Waals surface area (Å²) in [6, 6.07) is 38.7. The third-order valence-electron chi connectivity index (χ3n) is 8.72. The number of halogens is 1. The normalized spacial score (nSPS) is 12.6. The summed E-state index contributed by atoms with van der Waals surface area (Å²) in [5.74, 6) is 6.96. The standard InChI is InChI=1S/C27H19FNS.C14H16GeN.Ir/c28-24-16-26-23(15-22(24)17-6-2-1-3-7-17)21-11-10-19(14-25(21)30-26)27-20-9-5-4-8-18(20)12-13-29-27;1-15(2,3)13-9-10-14(16-11-13)12-7-5-4-6-8-12;/h1-3,6-7,11-16H,4-5,8-9H2;4-7,9-11H,1-3H3;/q2*-1;. The number of aryl methyl sites for hydroxylation is 1. The quantitative estimate of drug-likeness (QED) is 0.130. The number of aromatic nitrogens is 2. The molecule has 0 bridgehead atoms. The molecule has 0 N–H and O–H groups in total. The van der Waals surface area contributed by atoms with Gasteiger partial charge in [-0.05, 0) is 59.2 Å². The molecule has 6 heteroatoms. The molecule has 2 nitrogen and oxygen atoms in total. The van der Waals surface area contributed by atoms with Gasteiger partial charge in [-0.25, -0.2) is 4.39 Å². The number of fused-ring (bicyclic) bond motifs is 4. The van der Waals surface area contributed by atoms with Crippen molar-refractivity contribution in [2.45, 2.75) is 43.0 Å². The Morgan fingerprint density at radius 1 is 0.766 bits per heavy atom. The fraction of sp³-hybridized carbons (Fsp3) is 0.171. The Morgan fingerprint density at radius 2 is 1.55 bits per heavy atom. The molecule has 1 aliphatic carbocycles. The van der Waals surface area contributed by atoms with E-state index >= 15 is 0 Å². The zero-order valence-corrected chi connectivity index (χ0v) is 32.0. The second kappa shape index (κ2) is 14.3. The summed E-state index contributed by atoms with van der Waals surface area (Å²) in [6.07, 6.45) is 8.66. The number of pyridine rings is 2.